The predicted molar refractivity (Wildman–Crippen MR) is 63.4 cm³/mol. The average molecular weight is 225 g/mol. The number of fused-ring (bicyclic) bond motifs is 1. The van der Waals surface area contributed by atoms with Crippen molar-refractivity contribution in [3.63, 3.8) is 0 Å². The third kappa shape index (κ3) is 2.76. The number of carbonyl (C=O) groups is 1. The molecule has 1 aliphatic heterocycles. The molecule has 16 heavy (non-hydrogen) atoms. The molecule has 0 aromatic heterocycles. The highest BCUT2D eigenvalue weighted by Crippen LogP contribution is 2.37. The van der Waals surface area contributed by atoms with Crippen molar-refractivity contribution >= 4 is 5.97 Å². The largest absolute Gasteiger partial charge is 0.481 e. The van der Waals surface area contributed by atoms with E-state index in [2.05, 4.69) is 11.9 Å². The molecular formula is C13H23NO2. The maximum absolute atomic E-state index is 10.8. The molecule has 0 aromatic carbocycles. The third-order valence-electron chi connectivity index (χ3n) is 4.43. The maximum atomic E-state index is 10.8. The monoisotopic (exact) mass is 225 g/mol. The smallest absolute Gasteiger partial charge is 0.303 e. The fraction of sp³-hybridized carbons (Fsp3) is 0.923. The molecule has 0 radical (unpaired) electrons. The fourth-order valence-corrected chi connectivity index (χ4v) is 3.54. The highest BCUT2D eigenvalue weighted by atomic mass is 16.4. The maximum Gasteiger partial charge on any atom is 0.303 e. The first kappa shape index (κ1) is 11.9. The molecule has 3 heteroatoms. The summed E-state index contributed by atoms with van der Waals surface area (Å²) in [4.78, 5) is 13.2. The molecule has 0 amide bonds. The van der Waals surface area contributed by atoms with Gasteiger partial charge in [0.15, 0.2) is 0 Å². The standard InChI is InChI=1S/C13H23NO2/c1-14-7-3-2-4-11-6-5-10(8-12(11)14)9-13(15)16/h10-12H,2-9H2,1H3,(H,15,16). The second-order valence-corrected chi connectivity index (χ2v) is 5.58. The van der Waals surface area contributed by atoms with E-state index in [1.165, 1.54) is 32.2 Å². The van der Waals surface area contributed by atoms with Crippen LogP contribution in [0.2, 0.25) is 0 Å². The van der Waals surface area contributed by atoms with Crippen molar-refractivity contribution in [2.24, 2.45) is 11.8 Å². The van der Waals surface area contributed by atoms with Gasteiger partial charge in [0.2, 0.25) is 0 Å². The number of carboxylic acids is 1. The van der Waals surface area contributed by atoms with Gasteiger partial charge in [0.1, 0.15) is 0 Å². The number of rotatable bonds is 2. The van der Waals surface area contributed by atoms with Gasteiger partial charge in [-0.05, 0) is 57.5 Å². The van der Waals surface area contributed by atoms with Crippen LogP contribution in [-0.4, -0.2) is 35.6 Å². The number of nitrogens with zero attached hydrogens (tertiary/aromatic N) is 1. The Balaban J connectivity index is 1.96. The summed E-state index contributed by atoms with van der Waals surface area (Å²) >= 11 is 0. The number of aliphatic carboxylic acids is 1. The summed E-state index contributed by atoms with van der Waals surface area (Å²) in [5, 5.41) is 8.87. The molecule has 3 unspecified atom stereocenters. The molecule has 92 valence electrons. The molecule has 0 bridgehead atoms. The van der Waals surface area contributed by atoms with E-state index >= 15 is 0 Å². The normalized spacial score (nSPS) is 36.4. The summed E-state index contributed by atoms with van der Waals surface area (Å²) < 4.78 is 0. The van der Waals surface area contributed by atoms with Crippen LogP contribution >= 0.6 is 0 Å². The molecule has 3 atom stereocenters. The van der Waals surface area contributed by atoms with E-state index < -0.39 is 5.97 Å². The lowest BCUT2D eigenvalue weighted by Gasteiger charge is -2.39. The summed E-state index contributed by atoms with van der Waals surface area (Å²) in [6.45, 7) is 1.20. The van der Waals surface area contributed by atoms with Gasteiger partial charge >= 0.3 is 5.97 Å². The minimum atomic E-state index is -0.625. The number of hydrogen-bond acceptors (Lipinski definition) is 2. The summed E-state index contributed by atoms with van der Waals surface area (Å²) in [6, 6.07) is 0.653. The molecule has 2 fully saturated rings. The van der Waals surface area contributed by atoms with E-state index in [1.54, 1.807) is 0 Å². The molecule has 0 spiro atoms. The van der Waals surface area contributed by atoms with Crippen LogP contribution in [0.3, 0.4) is 0 Å². The second-order valence-electron chi connectivity index (χ2n) is 5.58. The Bertz CT molecular complexity index is 254. The van der Waals surface area contributed by atoms with Gasteiger partial charge in [-0.25, -0.2) is 0 Å². The first-order valence-electron chi connectivity index (χ1n) is 6.59. The molecule has 1 saturated carbocycles. The number of hydrogen-bond donors (Lipinski definition) is 1. The van der Waals surface area contributed by atoms with E-state index in [-0.39, 0.29) is 0 Å². The molecule has 1 aliphatic carbocycles. The van der Waals surface area contributed by atoms with Crippen LogP contribution in [-0.2, 0) is 4.79 Å². The average Bonchev–Trinajstić information content (AvgIpc) is 2.41. The van der Waals surface area contributed by atoms with Crippen LogP contribution in [0.1, 0.15) is 44.9 Å². The van der Waals surface area contributed by atoms with Crippen molar-refractivity contribution in [3.05, 3.63) is 0 Å². The molecule has 2 rings (SSSR count). The van der Waals surface area contributed by atoms with Crippen LogP contribution < -0.4 is 0 Å². The van der Waals surface area contributed by atoms with Crippen molar-refractivity contribution in [2.45, 2.75) is 51.0 Å². The SMILES string of the molecule is CN1CCCCC2CCC(CC(=O)O)CC21. The Morgan fingerprint density at radius 2 is 2.12 bits per heavy atom. The van der Waals surface area contributed by atoms with Gasteiger partial charge in [0, 0.05) is 12.5 Å². The van der Waals surface area contributed by atoms with Gasteiger partial charge in [-0.15, -0.1) is 0 Å². The minimum absolute atomic E-state index is 0.372. The van der Waals surface area contributed by atoms with Crippen LogP contribution in [0.25, 0.3) is 0 Å². The number of carboxylic acid groups (broad SMARTS) is 1. The highest BCUT2D eigenvalue weighted by molar-refractivity contribution is 5.67. The third-order valence-corrected chi connectivity index (χ3v) is 4.43. The van der Waals surface area contributed by atoms with E-state index in [0.29, 0.717) is 18.4 Å². The Morgan fingerprint density at radius 3 is 2.88 bits per heavy atom. The Morgan fingerprint density at radius 1 is 1.31 bits per heavy atom. The van der Waals surface area contributed by atoms with E-state index in [4.69, 9.17) is 5.11 Å². The molecule has 1 N–H and O–H groups in total. The zero-order valence-electron chi connectivity index (χ0n) is 10.2. The van der Waals surface area contributed by atoms with Crippen molar-refractivity contribution in [2.75, 3.05) is 13.6 Å². The molecular weight excluding hydrogens is 202 g/mol. The fourth-order valence-electron chi connectivity index (χ4n) is 3.54. The summed E-state index contributed by atoms with van der Waals surface area (Å²) in [5.74, 6) is 0.622. The van der Waals surface area contributed by atoms with Gasteiger partial charge in [0.25, 0.3) is 0 Å². The Hall–Kier alpha value is -0.570. The summed E-state index contributed by atoms with van der Waals surface area (Å²) in [5.41, 5.74) is 0. The Kier molecular flexibility index (Phi) is 3.85. The van der Waals surface area contributed by atoms with Gasteiger partial charge in [0.05, 0.1) is 0 Å². The van der Waals surface area contributed by atoms with Crippen LogP contribution in [0.5, 0.6) is 0 Å². The molecule has 1 heterocycles. The summed E-state index contributed by atoms with van der Waals surface area (Å²) in [7, 11) is 2.21. The van der Waals surface area contributed by atoms with E-state index in [9.17, 15) is 4.79 Å². The lowest BCUT2D eigenvalue weighted by molar-refractivity contribution is -0.138. The van der Waals surface area contributed by atoms with Gasteiger partial charge in [-0.3, -0.25) is 4.79 Å². The van der Waals surface area contributed by atoms with Gasteiger partial charge in [-0.1, -0.05) is 6.42 Å². The zero-order chi connectivity index (χ0) is 11.5. The van der Waals surface area contributed by atoms with Gasteiger partial charge in [-0.2, -0.15) is 0 Å². The van der Waals surface area contributed by atoms with Crippen LogP contribution in [0.15, 0.2) is 0 Å². The first-order chi connectivity index (χ1) is 7.66. The molecule has 2 aliphatic rings. The second kappa shape index (κ2) is 5.17. The van der Waals surface area contributed by atoms with E-state index in [0.717, 1.165) is 18.8 Å². The van der Waals surface area contributed by atoms with Crippen molar-refractivity contribution in [1.29, 1.82) is 0 Å². The number of likely N-dealkylation sites (tertiary alicyclic amines) is 1. The van der Waals surface area contributed by atoms with Crippen molar-refractivity contribution < 1.29 is 9.90 Å². The van der Waals surface area contributed by atoms with Crippen LogP contribution in [0, 0.1) is 11.8 Å². The molecule has 0 aromatic rings. The zero-order valence-corrected chi connectivity index (χ0v) is 10.2. The molecule has 3 nitrogen and oxygen atoms in total. The summed E-state index contributed by atoms with van der Waals surface area (Å²) in [6.07, 6.45) is 7.87. The van der Waals surface area contributed by atoms with E-state index in [1.807, 2.05) is 0 Å². The predicted octanol–water partition coefficient (Wildman–Crippen LogP) is 2.36. The van der Waals surface area contributed by atoms with Crippen molar-refractivity contribution in [1.82, 2.24) is 4.90 Å². The van der Waals surface area contributed by atoms with Crippen molar-refractivity contribution in [3.8, 4) is 0 Å². The minimum Gasteiger partial charge on any atom is -0.481 e. The lowest BCUT2D eigenvalue weighted by atomic mass is 9.75. The Labute approximate surface area is 97.8 Å². The highest BCUT2D eigenvalue weighted by Gasteiger charge is 2.34. The first-order valence-corrected chi connectivity index (χ1v) is 6.59. The molecule has 1 saturated heterocycles. The quantitative estimate of drug-likeness (QED) is 0.784. The lowest BCUT2D eigenvalue weighted by Crippen LogP contribution is -2.41. The van der Waals surface area contributed by atoms with Crippen LogP contribution in [0.4, 0.5) is 0 Å². The topological polar surface area (TPSA) is 40.5 Å². The van der Waals surface area contributed by atoms with Gasteiger partial charge < -0.3 is 10.0 Å².